The van der Waals surface area contributed by atoms with Gasteiger partial charge in [0.05, 0.1) is 22.6 Å². The summed E-state index contributed by atoms with van der Waals surface area (Å²) in [5.74, 6) is 0.895. The second kappa shape index (κ2) is 8.83. The van der Waals surface area contributed by atoms with E-state index >= 15 is 0 Å². The summed E-state index contributed by atoms with van der Waals surface area (Å²) in [5, 5.41) is 11.5. The van der Waals surface area contributed by atoms with Crippen molar-refractivity contribution in [2.75, 3.05) is 32.1 Å². The van der Waals surface area contributed by atoms with E-state index in [-0.39, 0.29) is 35.7 Å². The molecule has 3 aliphatic rings. The van der Waals surface area contributed by atoms with Gasteiger partial charge in [0.1, 0.15) is 4.88 Å². The van der Waals surface area contributed by atoms with Gasteiger partial charge in [-0.1, -0.05) is 53.3 Å². The van der Waals surface area contributed by atoms with E-state index in [1.54, 1.807) is 25.2 Å². The van der Waals surface area contributed by atoms with Crippen molar-refractivity contribution >= 4 is 62.3 Å². The average Bonchev–Trinajstić information content (AvgIpc) is 3.65. The Morgan fingerprint density at radius 3 is 2.69 bits per heavy atom. The molecule has 0 radical (unpaired) electrons. The number of aliphatic hydroxyl groups is 1. The highest BCUT2D eigenvalue weighted by atomic mass is 35.5. The normalized spacial score (nSPS) is 26.9. The van der Waals surface area contributed by atoms with E-state index in [1.165, 1.54) is 11.3 Å². The first-order valence-electron chi connectivity index (χ1n) is 12.0. The van der Waals surface area contributed by atoms with Crippen molar-refractivity contribution in [2.24, 2.45) is 23.7 Å². The van der Waals surface area contributed by atoms with Gasteiger partial charge in [-0.2, -0.15) is 0 Å². The van der Waals surface area contributed by atoms with Crippen LogP contribution in [0.4, 0.5) is 5.13 Å². The van der Waals surface area contributed by atoms with Gasteiger partial charge in [0.2, 0.25) is 5.91 Å². The number of aromatic nitrogens is 4. The number of hydrogen-bond donors (Lipinski definition) is 2. The number of aliphatic hydroxyl groups excluding tert-OH is 1. The molecular formula is C25H26Cl2N6O2S. The van der Waals surface area contributed by atoms with Crippen LogP contribution in [-0.4, -0.2) is 69.1 Å². The van der Waals surface area contributed by atoms with Crippen molar-refractivity contribution in [2.45, 2.75) is 18.9 Å². The summed E-state index contributed by atoms with van der Waals surface area (Å²) >= 11 is 14.7. The van der Waals surface area contributed by atoms with Crippen LogP contribution in [0, 0.1) is 23.7 Å². The smallest absolute Gasteiger partial charge is 0.226 e. The second-order valence-corrected chi connectivity index (χ2v) is 11.8. The highest BCUT2D eigenvalue weighted by molar-refractivity contribution is 7.19. The molecule has 2 aliphatic carbocycles. The van der Waals surface area contributed by atoms with Gasteiger partial charge in [0.25, 0.3) is 0 Å². The van der Waals surface area contributed by atoms with E-state index in [9.17, 15) is 9.90 Å². The molecule has 5 atom stereocenters. The lowest BCUT2D eigenvalue weighted by Gasteiger charge is -2.31. The predicted octanol–water partition coefficient (Wildman–Crippen LogP) is 4.50. The third kappa shape index (κ3) is 3.75. The molecule has 2 bridgehead atoms. The molecule has 2 N–H and O–H groups in total. The zero-order chi connectivity index (χ0) is 25.3. The maximum atomic E-state index is 13.1. The molecular weight excluding hydrogens is 519 g/mol. The molecule has 36 heavy (non-hydrogen) atoms. The molecule has 2 fully saturated rings. The highest BCUT2D eigenvalue weighted by Gasteiger charge is 2.50. The number of nitrogens with one attached hydrogen (secondary N) is 1. The summed E-state index contributed by atoms with van der Waals surface area (Å²) in [4.78, 5) is 34.6. The maximum Gasteiger partial charge on any atom is 0.226 e. The number of carbonyl (C=O) groups is 1. The molecule has 1 saturated heterocycles. The number of carbonyl (C=O) groups excluding carboxylic acids is 1. The molecule has 1 amide bonds. The fourth-order valence-corrected chi connectivity index (χ4v) is 7.48. The number of aromatic amines is 1. The van der Waals surface area contributed by atoms with Gasteiger partial charge < -0.3 is 19.9 Å². The molecule has 1 aliphatic heterocycles. The third-order valence-electron chi connectivity index (χ3n) is 7.61. The first kappa shape index (κ1) is 23.9. The summed E-state index contributed by atoms with van der Waals surface area (Å²) in [6, 6.07) is 0. The van der Waals surface area contributed by atoms with Crippen LogP contribution in [-0.2, 0) is 4.79 Å². The number of rotatable bonds is 5. The molecule has 5 unspecified atom stereocenters. The number of hydrogen-bond acceptors (Lipinski definition) is 7. The number of pyridine rings is 1. The first-order valence-corrected chi connectivity index (χ1v) is 13.5. The van der Waals surface area contributed by atoms with Gasteiger partial charge in [0.15, 0.2) is 21.8 Å². The van der Waals surface area contributed by atoms with Crippen LogP contribution < -0.4 is 4.90 Å². The Hall–Kier alpha value is -2.46. The molecule has 8 nitrogen and oxygen atoms in total. The lowest BCUT2D eigenvalue weighted by atomic mass is 9.76. The van der Waals surface area contributed by atoms with E-state index in [0.717, 1.165) is 29.2 Å². The van der Waals surface area contributed by atoms with Crippen LogP contribution in [0.15, 0.2) is 24.9 Å². The lowest BCUT2D eigenvalue weighted by Crippen LogP contribution is -2.36. The minimum absolute atomic E-state index is 0.0510. The largest absolute Gasteiger partial charge is 0.391 e. The van der Waals surface area contributed by atoms with Gasteiger partial charge in [-0.05, 0) is 30.3 Å². The molecule has 6 rings (SSSR count). The van der Waals surface area contributed by atoms with Crippen molar-refractivity contribution in [3.63, 3.8) is 0 Å². The molecule has 0 aromatic carbocycles. The van der Waals surface area contributed by atoms with Crippen LogP contribution in [0.3, 0.4) is 0 Å². The van der Waals surface area contributed by atoms with Crippen LogP contribution in [0.5, 0.6) is 0 Å². The van der Waals surface area contributed by atoms with E-state index < -0.39 is 0 Å². The Morgan fingerprint density at radius 1 is 1.25 bits per heavy atom. The van der Waals surface area contributed by atoms with Crippen LogP contribution in [0.25, 0.3) is 27.4 Å². The van der Waals surface area contributed by atoms with Crippen LogP contribution >= 0.6 is 34.5 Å². The summed E-state index contributed by atoms with van der Waals surface area (Å²) < 4.78 is 0. The Labute approximate surface area is 222 Å². The molecule has 188 valence electrons. The Kier molecular flexibility index (Phi) is 5.87. The molecule has 3 aromatic rings. The van der Waals surface area contributed by atoms with E-state index in [1.807, 2.05) is 4.90 Å². The minimum Gasteiger partial charge on any atom is -0.391 e. The van der Waals surface area contributed by atoms with Crippen molar-refractivity contribution < 1.29 is 9.90 Å². The van der Waals surface area contributed by atoms with Crippen LogP contribution in [0.1, 0.15) is 18.4 Å². The van der Waals surface area contributed by atoms with Gasteiger partial charge in [0, 0.05) is 44.9 Å². The first-order chi connectivity index (χ1) is 17.2. The number of amides is 1. The fourth-order valence-electron chi connectivity index (χ4n) is 5.94. The number of imidazole rings is 1. The number of anilines is 1. The van der Waals surface area contributed by atoms with Gasteiger partial charge >= 0.3 is 0 Å². The summed E-state index contributed by atoms with van der Waals surface area (Å²) in [6.07, 6.45) is 7.26. The predicted molar refractivity (Wildman–Crippen MR) is 143 cm³/mol. The molecule has 3 aromatic heterocycles. The minimum atomic E-state index is -0.355. The van der Waals surface area contributed by atoms with Gasteiger partial charge in [-0.3, -0.25) is 4.79 Å². The second-order valence-electron chi connectivity index (χ2n) is 10.0. The fraction of sp³-hybridized carbons (Fsp3) is 0.440. The van der Waals surface area contributed by atoms with Crippen molar-refractivity contribution in [3.05, 3.63) is 40.7 Å². The summed E-state index contributed by atoms with van der Waals surface area (Å²) in [7, 11) is 3.60. The van der Waals surface area contributed by atoms with Crippen molar-refractivity contribution in [1.29, 1.82) is 0 Å². The number of thiazole rings is 1. The zero-order valence-electron chi connectivity index (χ0n) is 19.9. The summed E-state index contributed by atoms with van der Waals surface area (Å²) in [5.41, 5.74) is 2.74. The number of halogens is 2. The van der Waals surface area contributed by atoms with Gasteiger partial charge in [-0.15, -0.1) is 0 Å². The topological polar surface area (TPSA) is 98.2 Å². The lowest BCUT2D eigenvalue weighted by molar-refractivity contribution is -0.134. The Morgan fingerprint density at radius 2 is 2.00 bits per heavy atom. The molecule has 11 heteroatoms. The van der Waals surface area contributed by atoms with Crippen LogP contribution in [0.2, 0.25) is 10.2 Å². The quantitative estimate of drug-likeness (QED) is 0.459. The number of nitrogens with zero attached hydrogens (tertiary/aromatic N) is 5. The average molecular weight is 545 g/mol. The maximum absolute atomic E-state index is 13.1. The molecule has 4 heterocycles. The number of allylic oxidation sites excluding steroid dienone is 3. The van der Waals surface area contributed by atoms with Crippen molar-refractivity contribution in [1.82, 2.24) is 24.8 Å². The summed E-state index contributed by atoms with van der Waals surface area (Å²) in [6.45, 7) is 5.73. The monoisotopic (exact) mass is 544 g/mol. The van der Waals surface area contributed by atoms with Gasteiger partial charge in [-0.25, -0.2) is 15.0 Å². The zero-order valence-corrected chi connectivity index (χ0v) is 22.2. The third-order valence-corrected chi connectivity index (χ3v) is 9.40. The molecule has 0 spiro atoms. The van der Waals surface area contributed by atoms with E-state index in [2.05, 4.69) is 33.7 Å². The number of H-pyrrole nitrogens is 1. The SMILES string of the molecule is C=C(c1c(Cl)cnc2nc(-c3sc(N4CCC(O)C4)nc3Cl)[nH]c12)C1C2C=CC(C2)C1C(=O)N(C)C. The highest BCUT2D eigenvalue weighted by Crippen LogP contribution is 2.54. The number of fused-ring (bicyclic) bond motifs is 3. The molecule has 1 saturated carbocycles. The standard InChI is InChI=1S/C25H26Cl2N6O2S/c1-11(16-12-4-5-13(8-12)18(16)24(35)32(2)3)17-15(26)9-28-22-19(17)29-23(31-22)20-21(27)30-25(36-20)33-7-6-14(34)10-33/h4-5,9,12-14,16,18,34H,1,6-8,10H2,2-3H3,(H,28,29,31). The van der Waals surface area contributed by atoms with Crippen molar-refractivity contribution in [3.8, 4) is 10.7 Å². The van der Waals surface area contributed by atoms with E-state index in [0.29, 0.717) is 45.0 Å². The Balaban J connectivity index is 1.39. The van der Waals surface area contributed by atoms with E-state index in [4.69, 9.17) is 28.2 Å². The Bertz CT molecular complexity index is 1410. The number of β-amino-alcohol motifs (C(OH)–C–C–N with tert-alkyl or cyclic N) is 1.